The van der Waals surface area contributed by atoms with Gasteiger partial charge in [0.25, 0.3) is 0 Å². The smallest absolute Gasteiger partial charge is 0.372 e. The first-order chi connectivity index (χ1) is 21.5. The maximum Gasteiger partial charge on any atom is 0.372 e. The van der Waals surface area contributed by atoms with Gasteiger partial charge in [-0.3, -0.25) is 4.79 Å². The fraction of sp³-hybridized carbons (Fsp3) is 0.367. The van der Waals surface area contributed by atoms with Crippen LogP contribution in [0.4, 0.5) is 27.4 Å². The third-order valence-corrected chi connectivity index (χ3v) is 8.66. The molecule has 2 aliphatic heterocycles. The zero-order chi connectivity index (χ0) is 31.9. The molecule has 2 aromatic heterocycles. The summed E-state index contributed by atoms with van der Waals surface area (Å²) < 4.78 is 29.4. The van der Waals surface area contributed by atoms with Gasteiger partial charge in [-0.1, -0.05) is 11.6 Å². The van der Waals surface area contributed by atoms with E-state index in [-0.39, 0.29) is 33.8 Å². The summed E-state index contributed by atoms with van der Waals surface area (Å²) in [4.78, 5) is 33.1. The van der Waals surface area contributed by atoms with Gasteiger partial charge >= 0.3 is 5.82 Å². The summed E-state index contributed by atoms with van der Waals surface area (Å²) in [5, 5.41) is 18.1. The first kappa shape index (κ1) is 30.5. The molecule has 0 bridgehead atoms. The predicted octanol–water partition coefficient (Wildman–Crippen LogP) is 5.21. The molecule has 1 saturated heterocycles. The van der Waals surface area contributed by atoms with E-state index in [9.17, 15) is 19.3 Å². The number of ether oxygens (including phenoxy) is 2. The Labute approximate surface area is 262 Å². The Hall–Kier alpha value is -4.53. The van der Waals surface area contributed by atoms with Gasteiger partial charge in [0.1, 0.15) is 36.4 Å². The summed E-state index contributed by atoms with van der Waals surface area (Å²) in [5.74, 6) is 0.105. The quantitative estimate of drug-likeness (QED) is 0.0821. The van der Waals surface area contributed by atoms with Crippen LogP contribution in [0.5, 0.6) is 5.75 Å². The standard InChI is InChI=1S/C30H32ClFN8O5/c1-18(2)40(3,14-26-30(39(42)43)38-17-37(26)38)9-4-5-28(41)36-25-12-21-24(13-27(25)45-20-8-10-44-15-20)33-16-34-29(21)35-19-6-7-23(32)22(31)11-19/h4-7,11-13,16,18,20H,8-10,14-15,17H2,1-3H3,(H-,33,34,35,36,41)/p+1/b5-4+/t20?,37?,38?,40-/m0/s1. The van der Waals surface area contributed by atoms with E-state index in [4.69, 9.17) is 21.1 Å². The van der Waals surface area contributed by atoms with Crippen LogP contribution in [0.2, 0.25) is 5.02 Å². The number of anilines is 3. The molecule has 15 heteroatoms. The van der Waals surface area contributed by atoms with Crippen LogP contribution in [0.25, 0.3) is 10.9 Å². The van der Waals surface area contributed by atoms with Gasteiger partial charge in [0, 0.05) is 29.6 Å². The number of hydrogen-bond acceptors (Lipinski definition) is 8. The number of likely N-dealkylation sites (N-methyl/N-ethyl adjacent to an activating group) is 1. The van der Waals surface area contributed by atoms with Crippen molar-refractivity contribution >= 4 is 51.4 Å². The molecule has 2 aliphatic rings. The molecule has 45 heavy (non-hydrogen) atoms. The van der Waals surface area contributed by atoms with Crippen molar-refractivity contribution in [2.45, 2.75) is 45.6 Å². The van der Waals surface area contributed by atoms with Gasteiger partial charge in [-0.15, -0.1) is 4.68 Å². The Balaban J connectivity index is 1.23. The Morgan fingerprint density at radius 1 is 1.31 bits per heavy atom. The first-order valence-corrected chi connectivity index (χ1v) is 14.9. The number of fused-ring (bicyclic) bond motifs is 2. The first-order valence-electron chi connectivity index (χ1n) is 14.5. The fourth-order valence-electron chi connectivity index (χ4n) is 5.33. The largest absolute Gasteiger partial charge is 0.486 e. The van der Waals surface area contributed by atoms with Gasteiger partial charge in [0.15, 0.2) is 0 Å². The molecule has 1 amide bonds. The molecule has 13 nitrogen and oxygen atoms in total. The monoisotopic (exact) mass is 639 g/mol. The Morgan fingerprint density at radius 2 is 2.13 bits per heavy atom. The van der Waals surface area contributed by atoms with Crippen LogP contribution in [-0.2, 0) is 22.7 Å². The van der Waals surface area contributed by atoms with Crippen molar-refractivity contribution in [2.75, 3.05) is 37.4 Å². The van der Waals surface area contributed by atoms with Crippen LogP contribution >= 0.6 is 11.6 Å². The number of nitro groups is 1. The number of quaternary nitrogens is 1. The molecule has 0 spiro atoms. The lowest BCUT2D eigenvalue weighted by Crippen LogP contribution is -2.49. The normalized spacial score (nSPS) is 17.1. The summed E-state index contributed by atoms with van der Waals surface area (Å²) in [5.41, 5.74) is 2.21. The molecule has 6 rings (SSSR count). The lowest BCUT2D eigenvalue weighted by atomic mass is 10.1. The summed E-state index contributed by atoms with van der Waals surface area (Å²) in [7, 11) is 2.02. The van der Waals surface area contributed by atoms with E-state index in [1.54, 1.807) is 29.0 Å². The van der Waals surface area contributed by atoms with Gasteiger partial charge < -0.3 is 34.7 Å². The third kappa shape index (κ3) is 6.34. The maximum atomic E-state index is 13.7. The minimum atomic E-state index is -0.535. The number of halogens is 2. The van der Waals surface area contributed by atoms with Crippen molar-refractivity contribution in [1.82, 2.24) is 19.3 Å². The number of hydrogen-bond donors (Lipinski definition) is 2. The number of nitrogens with zero attached hydrogens (tertiary/aromatic N) is 6. The molecule has 4 heterocycles. The van der Waals surface area contributed by atoms with Gasteiger partial charge in [-0.05, 0) is 49.1 Å². The van der Waals surface area contributed by atoms with E-state index >= 15 is 0 Å². The average molecular weight is 640 g/mol. The van der Waals surface area contributed by atoms with Gasteiger partial charge in [-0.25, -0.2) is 14.4 Å². The molecule has 2 N–H and O–H groups in total. The van der Waals surface area contributed by atoms with Gasteiger partial charge in [0.2, 0.25) is 18.3 Å². The lowest BCUT2D eigenvalue weighted by Gasteiger charge is -2.37. The zero-order valence-corrected chi connectivity index (χ0v) is 25.8. The minimum absolute atomic E-state index is 0.0330. The lowest BCUT2D eigenvalue weighted by molar-refractivity contribution is -0.937. The van der Waals surface area contributed by atoms with Crippen LogP contribution in [0, 0.1) is 15.9 Å². The van der Waals surface area contributed by atoms with Gasteiger partial charge in [-0.2, -0.15) is 4.68 Å². The van der Waals surface area contributed by atoms with E-state index < -0.39 is 5.82 Å². The van der Waals surface area contributed by atoms with E-state index in [1.807, 2.05) is 11.7 Å². The topological polar surface area (TPSA) is 138 Å². The number of carbonyl (C=O) groups is 1. The maximum absolute atomic E-state index is 13.7. The third-order valence-electron chi connectivity index (χ3n) is 8.37. The molecule has 0 saturated carbocycles. The summed E-state index contributed by atoms with van der Waals surface area (Å²) in [6.07, 6.45) is 5.17. The highest BCUT2D eigenvalue weighted by Crippen LogP contribution is 2.37. The Bertz CT molecular complexity index is 1820. The molecule has 0 aliphatic carbocycles. The Morgan fingerprint density at radius 3 is 2.84 bits per heavy atom. The Kier molecular flexibility index (Phi) is 8.20. The molecular weight excluding hydrogens is 607 g/mol. The van der Waals surface area contributed by atoms with Crippen molar-refractivity contribution in [3.8, 4) is 5.75 Å². The predicted molar refractivity (Wildman–Crippen MR) is 166 cm³/mol. The van der Waals surface area contributed by atoms with Crippen molar-refractivity contribution in [2.24, 2.45) is 0 Å². The highest BCUT2D eigenvalue weighted by Gasteiger charge is 2.46. The number of carbonyl (C=O) groups excluding carboxylic acids is 1. The van der Waals surface area contributed by atoms with Crippen molar-refractivity contribution in [1.29, 1.82) is 0 Å². The number of amides is 1. The molecular formula is C30H33ClFN8O5+. The van der Waals surface area contributed by atoms with E-state index in [1.165, 1.54) is 24.5 Å². The summed E-state index contributed by atoms with van der Waals surface area (Å²) >= 11 is 5.97. The van der Waals surface area contributed by atoms with Crippen molar-refractivity contribution in [3.05, 3.63) is 75.5 Å². The van der Waals surface area contributed by atoms with Crippen LogP contribution in [0.3, 0.4) is 0 Å². The van der Waals surface area contributed by atoms with Crippen LogP contribution in [0.15, 0.2) is 48.8 Å². The number of aromatic nitrogens is 4. The van der Waals surface area contributed by atoms with E-state index in [2.05, 4.69) is 34.4 Å². The summed E-state index contributed by atoms with van der Waals surface area (Å²) in [6.45, 7) is 6.62. The van der Waals surface area contributed by atoms with Crippen molar-refractivity contribution < 1.29 is 28.1 Å². The second kappa shape index (κ2) is 12.1. The zero-order valence-electron chi connectivity index (χ0n) is 25.0. The molecule has 1 unspecified atom stereocenters. The SMILES string of the molecule is CC(C)[N@@+](C)(C/C=C/C(=O)Nc1cc2c(Nc3ccc(F)c(Cl)c3)ncnc2cc1OC1CCOC1)Cc1c([N+](=O)[O-])n2n1C2. The fourth-order valence-corrected chi connectivity index (χ4v) is 5.51. The van der Waals surface area contributed by atoms with Crippen LogP contribution < -0.4 is 15.4 Å². The molecule has 2 aromatic carbocycles. The minimum Gasteiger partial charge on any atom is -0.486 e. The number of nitrogens with one attached hydrogen (secondary N) is 2. The molecule has 2 atom stereocenters. The number of rotatable bonds is 12. The molecule has 0 radical (unpaired) electrons. The van der Waals surface area contributed by atoms with Crippen molar-refractivity contribution in [3.63, 3.8) is 0 Å². The summed E-state index contributed by atoms with van der Waals surface area (Å²) in [6, 6.07) is 7.86. The van der Waals surface area contributed by atoms with E-state index in [0.29, 0.717) is 83.4 Å². The second-order valence-electron chi connectivity index (χ2n) is 11.7. The van der Waals surface area contributed by atoms with Crippen LogP contribution in [-0.4, -0.2) is 73.6 Å². The highest BCUT2D eigenvalue weighted by atomic mass is 35.5. The molecule has 4 aromatic rings. The second-order valence-corrected chi connectivity index (χ2v) is 12.1. The van der Waals surface area contributed by atoms with E-state index in [0.717, 1.165) is 0 Å². The average Bonchev–Trinajstić information content (AvgIpc) is 3.43. The molecule has 1 fully saturated rings. The molecule has 236 valence electrons. The van der Waals surface area contributed by atoms with Crippen LogP contribution in [0.1, 0.15) is 26.0 Å². The highest BCUT2D eigenvalue weighted by molar-refractivity contribution is 6.31. The number of benzene rings is 2. The van der Waals surface area contributed by atoms with Gasteiger partial charge in [0.05, 0.1) is 49.1 Å².